The second-order valence-electron chi connectivity index (χ2n) is 3.78. The zero-order valence-corrected chi connectivity index (χ0v) is 12.6. The summed E-state index contributed by atoms with van der Waals surface area (Å²) < 4.78 is 53.7. The van der Waals surface area contributed by atoms with E-state index >= 15 is 0 Å². The quantitative estimate of drug-likeness (QED) is 0.587. The summed E-state index contributed by atoms with van der Waals surface area (Å²) in [5.41, 5.74) is -0.741. The third-order valence-electron chi connectivity index (χ3n) is 2.59. The van der Waals surface area contributed by atoms with Gasteiger partial charge in [-0.15, -0.1) is 0 Å². The van der Waals surface area contributed by atoms with Crippen molar-refractivity contribution >= 4 is 46.7 Å². The Morgan fingerprint density at radius 3 is 2.25 bits per heavy atom. The maximum Gasteiger partial charge on any atom is 0.342 e. The van der Waals surface area contributed by atoms with Gasteiger partial charge in [0, 0.05) is 0 Å². The Bertz CT molecular complexity index is 888. The van der Waals surface area contributed by atoms with Crippen molar-refractivity contribution in [2.24, 2.45) is 0 Å². The Labute approximate surface area is 120 Å². The molecule has 0 aliphatic rings. The molecule has 2 N–H and O–H groups in total. The lowest BCUT2D eigenvalue weighted by Gasteiger charge is -2.09. The number of hydrogen-bond donors (Lipinski definition) is 2. The summed E-state index contributed by atoms with van der Waals surface area (Å²) in [7, 11) is -4.99. The first kappa shape index (κ1) is 14.8. The lowest BCUT2D eigenvalue weighted by Crippen LogP contribution is -2.11. The van der Waals surface area contributed by atoms with E-state index < -0.39 is 49.9 Å². The molecule has 2 aromatic carbocycles. The van der Waals surface area contributed by atoms with Gasteiger partial charge in [0.1, 0.15) is 4.90 Å². The molecule has 0 unspecified atom stereocenters. The van der Waals surface area contributed by atoms with E-state index in [2.05, 4.69) is 0 Å². The molecular weight excluding hydrogens is 403 g/mol. The number of fused-ring (bicyclic) bond motifs is 1. The van der Waals surface area contributed by atoms with E-state index in [0.717, 1.165) is 6.07 Å². The van der Waals surface area contributed by atoms with E-state index in [-0.39, 0.29) is 10.8 Å². The van der Waals surface area contributed by atoms with Crippen LogP contribution in [-0.2, 0) is 16.3 Å². The van der Waals surface area contributed by atoms with E-state index in [0.29, 0.717) is 0 Å². The van der Waals surface area contributed by atoms with Crippen molar-refractivity contribution in [2.45, 2.75) is 4.90 Å². The number of benzene rings is 2. The smallest absolute Gasteiger partial charge is 0.342 e. The third kappa shape index (κ3) is 2.51. The molecule has 2 aromatic rings. The predicted octanol–water partition coefficient (Wildman–Crippen LogP) is 2.15. The van der Waals surface area contributed by atoms with Gasteiger partial charge >= 0.3 is 25.8 Å². The fourth-order valence-corrected chi connectivity index (χ4v) is 5.15. The van der Waals surface area contributed by atoms with Gasteiger partial charge in [0.25, 0.3) is 10.1 Å². The molecule has 0 saturated carbocycles. The van der Waals surface area contributed by atoms with Gasteiger partial charge in [0.05, 0.1) is 9.13 Å². The molecule has 0 aromatic heterocycles. The van der Waals surface area contributed by atoms with Crippen LogP contribution in [0.25, 0.3) is 10.8 Å². The van der Waals surface area contributed by atoms with Crippen LogP contribution in [0.1, 0.15) is 10.4 Å². The van der Waals surface area contributed by atoms with E-state index in [9.17, 15) is 24.5 Å². The van der Waals surface area contributed by atoms with Gasteiger partial charge in [0.15, 0.2) is 0 Å². The molecule has 0 aliphatic heterocycles. The molecule has 0 aliphatic carbocycles. The summed E-state index contributed by atoms with van der Waals surface area (Å²) in [6.45, 7) is 0. The summed E-state index contributed by atoms with van der Waals surface area (Å²) >= 11 is -4.33. The highest BCUT2D eigenvalue weighted by atomic mass is 127. The zero-order valence-electron chi connectivity index (χ0n) is 9.61. The number of carboxylic acid groups (broad SMARTS) is 1. The minimum Gasteiger partial charge on any atom is -0.478 e. The first-order chi connectivity index (χ1) is 9.23. The molecule has 0 saturated heterocycles. The molecule has 106 valence electrons. The SMILES string of the molecule is O=C(O)c1c(S(=O)(=O)O)c(I(=O)=O)cc2ccccc12. The first-order valence-corrected chi connectivity index (χ1v) is 9.33. The van der Waals surface area contributed by atoms with Crippen molar-refractivity contribution in [3.63, 3.8) is 0 Å². The molecule has 0 amide bonds. The molecule has 0 fully saturated rings. The van der Waals surface area contributed by atoms with E-state index in [1.807, 2.05) is 0 Å². The molecule has 7 nitrogen and oxygen atoms in total. The fraction of sp³-hybridized carbons (Fsp3) is 0. The van der Waals surface area contributed by atoms with Crippen LogP contribution >= 0.6 is 19.8 Å². The van der Waals surface area contributed by atoms with E-state index in [1.54, 1.807) is 6.07 Å². The van der Waals surface area contributed by atoms with Crippen LogP contribution in [-0.4, -0.2) is 24.0 Å². The molecule has 0 heterocycles. The molecule has 20 heavy (non-hydrogen) atoms. The highest BCUT2D eigenvalue weighted by molar-refractivity contribution is 14.2. The van der Waals surface area contributed by atoms with Crippen molar-refractivity contribution in [3.05, 3.63) is 39.5 Å². The molecule has 0 radical (unpaired) electrons. The average molecular weight is 410 g/mol. The van der Waals surface area contributed by atoms with Crippen LogP contribution in [0.15, 0.2) is 35.2 Å². The van der Waals surface area contributed by atoms with Crippen LogP contribution in [0, 0.1) is 3.57 Å². The standard InChI is InChI=1S/C11H7IO7S/c13-11(14)9-7-4-2-1-3-6(7)5-8(12(15)16)10(9)20(17,18)19/h1-5H,(H,13,14)(H,17,18,19). The highest BCUT2D eigenvalue weighted by Gasteiger charge is 2.29. The minimum absolute atomic E-state index is 0.0362. The second kappa shape index (κ2) is 5.07. The van der Waals surface area contributed by atoms with Crippen LogP contribution < -0.4 is 0 Å². The maximum atomic E-state index is 11.4. The van der Waals surface area contributed by atoms with Gasteiger partial charge in [-0.1, -0.05) is 24.3 Å². The van der Waals surface area contributed by atoms with Gasteiger partial charge in [-0.3, -0.25) is 4.55 Å². The number of halogens is 1. The largest absolute Gasteiger partial charge is 0.478 e. The Kier molecular flexibility index (Phi) is 3.75. The van der Waals surface area contributed by atoms with Gasteiger partial charge in [-0.25, -0.2) is 10.9 Å². The first-order valence-electron chi connectivity index (χ1n) is 5.05. The van der Waals surface area contributed by atoms with Crippen molar-refractivity contribution < 1.29 is 29.0 Å². The van der Waals surface area contributed by atoms with Crippen molar-refractivity contribution in [1.29, 1.82) is 0 Å². The summed E-state index contributed by atoms with van der Waals surface area (Å²) in [5, 5.41) is 9.47. The summed E-state index contributed by atoms with van der Waals surface area (Å²) in [4.78, 5) is 10.2. The Hall–Kier alpha value is -1.59. The van der Waals surface area contributed by atoms with Gasteiger partial charge < -0.3 is 5.11 Å². The monoisotopic (exact) mass is 410 g/mol. The number of rotatable bonds is 3. The predicted molar refractivity (Wildman–Crippen MR) is 74.8 cm³/mol. The molecule has 0 atom stereocenters. The Morgan fingerprint density at radius 2 is 1.75 bits per heavy atom. The lowest BCUT2D eigenvalue weighted by molar-refractivity contribution is 0.0694. The topological polar surface area (TPSA) is 126 Å². The fourth-order valence-electron chi connectivity index (χ4n) is 1.87. The number of aromatic carboxylic acids is 1. The van der Waals surface area contributed by atoms with E-state index in [4.69, 9.17) is 4.55 Å². The lowest BCUT2D eigenvalue weighted by atomic mass is 10.0. The van der Waals surface area contributed by atoms with Crippen LogP contribution in [0.5, 0.6) is 0 Å². The van der Waals surface area contributed by atoms with Gasteiger partial charge in [-0.05, 0) is 16.8 Å². The van der Waals surface area contributed by atoms with Crippen molar-refractivity contribution in [3.8, 4) is 0 Å². The molecular formula is C11H7IO7S. The Balaban J connectivity index is 3.18. The molecule has 2 rings (SSSR count). The number of carbonyl (C=O) groups is 1. The van der Waals surface area contributed by atoms with Gasteiger partial charge in [-0.2, -0.15) is 8.42 Å². The normalized spacial score (nSPS) is 11.9. The summed E-state index contributed by atoms with van der Waals surface area (Å²) in [5.74, 6) is -1.63. The van der Waals surface area contributed by atoms with Crippen molar-refractivity contribution in [1.82, 2.24) is 0 Å². The third-order valence-corrected chi connectivity index (χ3v) is 5.70. The Morgan fingerprint density at radius 1 is 1.15 bits per heavy atom. The van der Waals surface area contributed by atoms with Crippen molar-refractivity contribution in [2.75, 3.05) is 0 Å². The summed E-state index contributed by atoms with van der Waals surface area (Å²) in [6, 6.07) is 6.88. The minimum atomic E-state index is -4.99. The zero-order chi connectivity index (χ0) is 15.1. The van der Waals surface area contributed by atoms with Crippen LogP contribution in [0.2, 0.25) is 0 Å². The highest BCUT2D eigenvalue weighted by Crippen LogP contribution is 2.34. The number of hydrogen-bond acceptors (Lipinski definition) is 5. The van der Waals surface area contributed by atoms with Crippen LogP contribution in [0.4, 0.5) is 0 Å². The van der Waals surface area contributed by atoms with Gasteiger partial charge in [0.2, 0.25) is 0 Å². The van der Waals surface area contributed by atoms with E-state index in [1.165, 1.54) is 18.2 Å². The second-order valence-corrected chi connectivity index (χ2v) is 7.54. The summed E-state index contributed by atoms with van der Waals surface area (Å²) in [6.07, 6.45) is 0. The number of carboxylic acids is 1. The molecule has 9 heteroatoms. The average Bonchev–Trinajstić information content (AvgIpc) is 2.34. The van der Waals surface area contributed by atoms with Crippen LogP contribution in [0.3, 0.4) is 0 Å². The maximum absolute atomic E-state index is 11.4. The molecule has 0 spiro atoms. The molecule has 0 bridgehead atoms.